The van der Waals surface area contributed by atoms with Crippen LogP contribution >= 0.6 is 0 Å². The van der Waals surface area contributed by atoms with Crippen LogP contribution in [0.15, 0.2) is 18.2 Å². The second-order valence-electron chi connectivity index (χ2n) is 4.76. The summed E-state index contributed by atoms with van der Waals surface area (Å²) >= 11 is 0. The molecule has 0 radical (unpaired) electrons. The highest BCUT2D eigenvalue weighted by atomic mass is 16.5. The van der Waals surface area contributed by atoms with Crippen LogP contribution in [0.25, 0.3) is 0 Å². The smallest absolute Gasteiger partial charge is 0.339 e. The lowest BCUT2D eigenvalue weighted by Gasteiger charge is -2.29. The van der Waals surface area contributed by atoms with Crippen molar-refractivity contribution in [2.24, 2.45) is 0 Å². The number of morpholine rings is 1. The van der Waals surface area contributed by atoms with Gasteiger partial charge in [-0.25, -0.2) is 4.79 Å². The summed E-state index contributed by atoms with van der Waals surface area (Å²) in [5.74, 6) is -1.21. The number of rotatable bonds is 4. The number of ether oxygens (including phenoxy) is 2. The van der Waals surface area contributed by atoms with Crippen LogP contribution in [-0.2, 0) is 9.53 Å². The number of hydrogen-bond acceptors (Lipinski definition) is 5. The van der Waals surface area contributed by atoms with Crippen molar-refractivity contribution in [1.29, 1.82) is 0 Å². The number of benzene rings is 1. The van der Waals surface area contributed by atoms with Gasteiger partial charge in [0.1, 0.15) is 11.3 Å². The summed E-state index contributed by atoms with van der Waals surface area (Å²) in [5, 5.41) is 9.14. The zero-order valence-electron chi connectivity index (χ0n) is 11.7. The molecular weight excluding hydrogens is 276 g/mol. The number of carbonyl (C=O) groups excluding carboxylic acids is 1. The number of aromatic carboxylic acids is 1. The average Bonchev–Trinajstić information content (AvgIpc) is 2.49. The Morgan fingerprint density at radius 2 is 2.05 bits per heavy atom. The number of amides is 1. The van der Waals surface area contributed by atoms with E-state index in [1.54, 1.807) is 11.8 Å². The van der Waals surface area contributed by atoms with Crippen molar-refractivity contribution >= 4 is 17.6 Å². The Morgan fingerprint density at radius 3 is 2.67 bits per heavy atom. The second-order valence-corrected chi connectivity index (χ2v) is 4.76. The molecule has 7 heteroatoms. The van der Waals surface area contributed by atoms with Gasteiger partial charge in [0.2, 0.25) is 0 Å². The van der Waals surface area contributed by atoms with Gasteiger partial charge in [-0.1, -0.05) is 0 Å². The summed E-state index contributed by atoms with van der Waals surface area (Å²) in [5.41, 5.74) is 5.83. The third-order valence-corrected chi connectivity index (χ3v) is 3.21. The van der Waals surface area contributed by atoms with Crippen LogP contribution in [-0.4, -0.2) is 54.3 Å². The number of carboxylic acids is 1. The minimum absolute atomic E-state index is 0.0587. The highest BCUT2D eigenvalue weighted by Crippen LogP contribution is 2.23. The van der Waals surface area contributed by atoms with Gasteiger partial charge in [-0.2, -0.15) is 0 Å². The molecule has 1 unspecified atom stereocenters. The molecule has 1 saturated heterocycles. The zero-order valence-corrected chi connectivity index (χ0v) is 11.7. The molecule has 1 aromatic carbocycles. The van der Waals surface area contributed by atoms with E-state index in [1.165, 1.54) is 18.2 Å². The van der Waals surface area contributed by atoms with Gasteiger partial charge >= 0.3 is 5.97 Å². The van der Waals surface area contributed by atoms with Crippen molar-refractivity contribution in [3.8, 4) is 5.75 Å². The summed E-state index contributed by atoms with van der Waals surface area (Å²) < 4.78 is 10.7. The van der Waals surface area contributed by atoms with Gasteiger partial charge in [-0.15, -0.1) is 0 Å². The fourth-order valence-corrected chi connectivity index (χ4v) is 2.10. The molecule has 1 aromatic rings. The molecule has 1 atom stereocenters. The maximum Gasteiger partial charge on any atom is 0.339 e. The van der Waals surface area contributed by atoms with E-state index in [2.05, 4.69) is 0 Å². The minimum Gasteiger partial charge on any atom is -0.480 e. The average molecular weight is 294 g/mol. The quantitative estimate of drug-likeness (QED) is 0.788. The number of nitrogens with two attached hydrogens (primary N) is 1. The number of carboxylic acid groups (broad SMARTS) is 1. The van der Waals surface area contributed by atoms with Crippen molar-refractivity contribution in [2.75, 3.05) is 32.0 Å². The van der Waals surface area contributed by atoms with Crippen LogP contribution in [0.4, 0.5) is 5.69 Å². The van der Waals surface area contributed by atoms with E-state index in [1.807, 2.05) is 0 Å². The van der Waals surface area contributed by atoms with Crippen molar-refractivity contribution in [2.45, 2.75) is 13.0 Å². The van der Waals surface area contributed by atoms with Gasteiger partial charge in [-0.3, -0.25) is 4.79 Å². The van der Waals surface area contributed by atoms with Crippen LogP contribution < -0.4 is 10.5 Å². The van der Waals surface area contributed by atoms with E-state index in [4.69, 9.17) is 20.3 Å². The summed E-state index contributed by atoms with van der Waals surface area (Å²) in [4.78, 5) is 25.0. The Morgan fingerprint density at radius 1 is 1.38 bits per heavy atom. The van der Waals surface area contributed by atoms with Crippen LogP contribution in [0.1, 0.15) is 17.3 Å². The van der Waals surface area contributed by atoms with Crippen molar-refractivity contribution in [3.05, 3.63) is 23.8 Å². The predicted octanol–water partition coefficient (Wildman–Crippen LogP) is 0.593. The first-order chi connectivity index (χ1) is 9.99. The molecule has 0 spiro atoms. The van der Waals surface area contributed by atoms with Crippen LogP contribution in [0.5, 0.6) is 5.75 Å². The van der Waals surface area contributed by atoms with Crippen molar-refractivity contribution in [1.82, 2.24) is 4.90 Å². The third-order valence-electron chi connectivity index (χ3n) is 3.21. The van der Waals surface area contributed by atoms with Gasteiger partial charge in [0.05, 0.1) is 13.2 Å². The monoisotopic (exact) mass is 294 g/mol. The van der Waals surface area contributed by atoms with E-state index in [9.17, 15) is 9.59 Å². The Kier molecular flexibility index (Phi) is 4.64. The normalized spacial score (nSPS) is 16.3. The van der Waals surface area contributed by atoms with Gasteiger partial charge in [-0.05, 0) is 25.1 Å². The molecule has 7 nitrogen and oxygen atoms in total. The number of anilines is 1. The van der Waals surface area contributed by atoms with Gasteiger partial charge < -0.3 is 25.2 Å². The second kappa shape index (κ2) is 6.45. The lowest BCUT2D eigenvalue weighted by Crippen LogP contribution is -2.46. The van der Waals surface area contributed by atoms with Gasteiger partial charge in [0.25, 0.3) is 5.91 Å². The number of hydrogen-bond donors (Lipinski definition) is 2. The molecule has 21 heavy (non-hydrogen) atoms. The summed E-state index contributed by atoms with van der Waals surface area (Å²) in [7, 11) is 0. The molecule has 1 aliphatic rings. The number of nitrogens with zero attached hydrogens (tertiary/aromatic N) is 1. The highest BCUT2D eigenvalue weighted by Gasteiger charge is 2.25. The van der Waals surface area contributed by atoms with E-state index in [-0.39, 0.29) is 17.2 Å². The molecule has 0 bridgehead atoms. The summed E-state index contributed by atoms with van der Waals surface area (Å²) in [6.45, 7) is 3.63. The maximum absolute atomic E-state index is 12.2. The SMILES string of the molecule is CC(Oc1ccc(N)cc1C(=O)O)C(=O)N1CCOCC1. The lowest BCUT2D eigenvalue weighted by atomic mass is 10.1. The predicted molar refractivity (Wildman–Crippen MR) is 75.3 cm³/mol. The first-order valence-electron chi connectivity index (χ1n) is 6.65. The number of nitrogen functional groups attached to an aromatic ring is 1. The Bertz CT molecular complexity index is 540. The first-order valence-corrected chi connectivity index (χ1v) is 6.65. The van der Waals surface area contributed by atoms with E-state index in [0.717, 1.165) is 0 Å². The molecule has 0 aliphatic carbocycles. The molecule has 2 rings (SSSR count). The molecule has 1 amide bonds. The lowest BCUT2D eigenvalue weighted by molar-refractivity contribution is -0.142. The molecule has 1 fully saturated rings. The third kappa shape index (κ3) is 3.63. The molecule has 114 valence electrons. The standard InChI is InChI=1S/C14H18N2O5/c1-9(13(17)16-4-6-20-7-5-16)21-12-3-2-10(15)8-11(12)14(18)19/h2-3,8-9H,4-7,15H2,1H3,(H,18,19). The van der Waals surface area contributed by atoms with E-state index in [0.29, 0.717) is 32.0 Å². The highest BCUT2D eigenvalue weighted by molar-refractivity contribution is 5.92. The van der Waals surface area contributed by atoms with E-state index < -0.39 is 12.1 Å². The molecule has 3 N–H and O–H groups in total. The fourth-order valence-electron chi connectivity index (χ4n) is 2.10. The Hall–Kier alpha value is -2.28. The molecule has 0 aromatic heterocycles. The summed E-state index contributed by atoms with van der Waals surface area (Å²) in [6, 6.07) is 4.30. The largest absolute Gasteiger partial charge is 0.480 e. The van der Waals surface area contributed by atoms with Crippen LogP contribution in [0.3, 0.4) is 0 Å². The van der Waals surface area contributed by atoms with Crippen LogP contribution in [0, 0.1) is 0 Å². The van der Waals surface area contributed by atoms with Gasteiger partial charge in [0.15, 0.2) is 6.10 Å². The van der Waals surface area contributed by atoms with E-state index >= 15 is 0 Å². The number of carbonyl (C=O) groups is 2. The Balaban J connectivity index is 2.10. The zero-order chi connectivity index (χ0) is 15.4. The molecule has 1 heterocycles. The molecule has 0 saturated carbocycles. The van der Waals surface area contributed by atoms with Gasteiger partial charge in [0, 0.05) is 18.8 Å². The summed E-state index contributed by atoms with van der Waals surface area (Å²) in [6.07, 6.45) is -0.773. The minimum atomic E-state index is -1.15. The topological polar surface area (TPSA) is 102 Å². The maximum atomic E-state index is 12.2. The van der Waals surface area contributed by atoms with Crippen molar-refractivity contribution in [3.63, 3.8) is 0 Å². The van der Waals surface area contributed by atoms with Crippen molar-refractivity contribution < 1.29 is 24.2 Å². The first kappa shape index (κ1) is 15.1. The van der Waals surface area contributed by atoms with Crippen LogP contribution in [0.2, 0.25) is 0 Å². The Labute approximate surface area is 122 Å². The molecular formula is C14H18N2O5. The molecule has 1 aliphatic heterocycles. The fraction of sp³-hybridized carbons (Fsp3) is 0.429.